The normalized spacial score (nSPS) is 10.5. The van der Waals surface area contributed by atoms with Crippen molar-refractivity contribution in [3.05, 3.63) is 76.1 Å². The highest BCUT2D eigenvalue weighted by Gasteiger charge is 2.10. The molecule has 0 atom stereocenters. The summed E-state index contributed by atoms with van der Waals surface area (Å²) < 4.78 is 5.07. The molecule has 0 spiro atoms. The first-order valence-corrected chi connectivity index (χ1v) is 7.37. The van der Waals surface area contributed by atoms with Gasteiger partial charge in [-0.2, -0.15) is 0 Å². The molecule has 2 rings (SSSR count). The van der Waals surface area contributed by atoms with Gasteiger partial charge in [0.1, 0.15) is 12.3 Å². The number of amides is 1. The predicted molar refractivity (Wildman–Crippen MR) is 89.2 cm³/mol. The first kappa shape index (κ1) is 17.1. The lowest BCUT2D eigenvalue weighted by molar-refractivity contribution is -0.385. The Morgan fingerprint density at radius 2 is 2.04 bits per heavy atom. The quantitative estimate of drug-likeness (QED) is 0.478. The summed E-state index contributed by atoms with van der Waals surface area (Å²) in [6, 6.07) is 12.3. The van der Waals surface area contributed by atoms with Crippen molar-refractivity contribution in [3.63, 3.8) is 0 Å². The summed E-state index contributed by atoms with van der Waals surface area (Å²) in [4.78, 5) is 25.9. The zero-order valence-electron chi connectivity index (χ0n) is 12.9. The molecule has 0 fully saturated rings. The van der Waals surface area contributed by atoms with Crippen molar-refractivity contribution in [2.24, 2.45) is 0 Å². The highest BCUT2D eigenvalue weighted by atomic mass is 16.6. The van der Waals surface area contributed by atoms with Gasteiger partial charge in [-0.1, -0.05) is 36.4 Å². The van der Waals surface area contributed by atoms with Crippen molar-refractivity contribution in [1.29, 1.82) is 0 Å². The van der Waals surface area contributed by atoms with Crippen molar-refractivity contribution in [2.45, 2.75) is 13.0 Å². The monoisotopic (exact) mass is 327 g/mol. The molecule has 1 amide bonds. The Bertz CT molecular complexity index is 717. The van der Waals surface area contributed by atoms with Gasteiger partial charge in [-0.05, 0) is 24.1 Å². The van der Waals surface area contributed by atoms with E-state index in [1.54, 1.807) is 12.2 Å². The maximum absolute atomic E-state index is 11.5. The molecule has 0 bridgehead atoms. The Morgan fingerprint density at radius 3 is 2.79 bits per heavy atom. The summed E-state index contributed by atoms with van der Waals surface area (Å²) in [6.07, 6.45) is 4.78. The predicted octanol–water partition coefficient (Wildman–Crippen LogP) is 3.32. The first-order chi connectivity index (χ1) is 11.7. The van der Waals surface area contributed by atoms with Gasteiger partial charge < -0.3 is 10.1 Å². The van der Waals surface area contributed by atoms with Crippen LogP contribution in [0.4, 0.5) is 10.5 Å². The molecule has 1 aromatic heterocycles. The minimum atomic E-state index is -0.504. The van der Waals surface area contributed by atoms with E-state index in [-0.39, 0.29) is 18.0 Å². The van der Waals surface area contributed by atoms with Gasteiger partial charge >= 0.3 is 6.09 Å². The van der Waals surface area contributed by atoms with Crippen LogP contribution in [0.1, 0.15) is 17.7 Å². The molecule has 0 aliphatic rings. The molecule has 2 aromatic rings. The van der Waals surface area contributed by atoms with E-state index >= 15 is 0 Å². The Balaban J connectivity index is 1.71. The summed E-state index contributed by atoms with van der Waals surface area (Å²) in [5.41, 5.74) is 1.15. The van der Waals surface area contributed by atoms with E-state index in [2.05, 4.69) is 10.3 Å². The van der Waals surface area contributed by atoms with Crippen LogP contribution in [-0.4, -0.2) is 22.5 Å². The third kappa shape index (κ3) is 5.53. The lowest BCUT2D eigenvalue weighted by Gasteiger charge is -2.05. The van der Waals surface area contributed by atoms with E-state index in [4.69, 9.17) is 4.74 Å². The Labute approximate surface area is 139 Å². The van der Waals surface area contributed by atoms with E-state index in [0.29, 0.717) is 13.0 Å². The SMILES string of the molecule is O=C(NCCC=Cc1ncccc1[N+](=O)[O-])OCc1ccccc1. The van der Waals surface area contributed by atoms with Gasteiger partial charge in [0.25, 0.3) is 5.69 Å². The topological polar surface area (TPSA) is 94.4 Å². The summed E-state index contributed by atoms with van der Waals surface area (Å²) in [6.45, 7) is 0.577. The number of aromatic nitrogens is 1. The van der Waals surface area contributed by atoms with Crippen LogP contribution in [0.2, 0.25) is 0 Å². The molecule has 7 heteroatoms. The molecular formula is C17H17N3O4. The largest absolute Gasteiger partial charge is 0.445 e. The molecule has 0 saturated carbocycles. The average Bonchev–Trinajstić information content (AvgIpc) is 2.61. The van der Waals surface area contributed by atoms with Crippen LogP contribution in [-0.2, 0) is 11.3 Å². The van der Waals surface area contributed by atoms with E-state index in [0.717, 1.165) is 5.56 Å². The third-order valence-electron chi connectivity index (χ3n) is 3.08. The maximum Gasteiger partial charge on any atom is 0.407 e. The second kappa shape index (κ2) is 9.04. The highest BCUT2D eigenvalue weighted by molar-refractivity contribution is 5.67. The third-order valence-corrected chi connectivity index (χ3v) is 3.08. The number of hydrogen-bond acceptors (Lipinski definition) is 5. The molecule has 0 aliphatic heterocycles. The molecule has 1 aromatic carbocycles. The van der Waals surface area contributed by atoms with Crippen LogP contribution in [0, 0.1) is 10.1 Å². The number of alkyl carbamates (subject to hydrolysis) is 1. The molecule has 0 aliphatic carbocycles. The summed E-state index contributed by atoms with van der Waals surface area (Å²) >= 11 is 0. The number of carbonyl (C=O) groups excluding carboxylic acids is 1. The molecule has 24 heavy (non-hydrogen) atoms. The molecule has 0 unspecified atom stereocenters. The number of rotatable bonds is 7. The van der Waals surface area contributed by atoms with Gasteiger partial charge in [-0.15, -0.1) is 0 Å². The number of nitro groups is 1. The van der Waals surface area contributed by atoms with Gasteiger partial charge in [0, 0.05) is 18.8 Å². The lowest BCUT2D eigenvalue weighted by atomic mass is 10.2. The standard InChI is InChI=1S/C17H17N3O4/c21-17(24-13-14-7-2-1-3-8-14)19-11-5-4-9-15-16(20(22)23)10-6-12-18-15/h1-4,6-10,12H,5,11,13H2,(H,19,21). The number of hydrogen-bond donors (Lipinski definition) is 1. The Kier molecular flexibility index (Phi) is 6.46. The number of pyridine rings is 1. The van der Waals surface area contributed by atoms with Crippen molar-refractivity contribution in [3.8, 4) is 0 Å². The van der Waals surface area contributed by atoms with Gasteiger partial charge in [0.2, 0.25) is 0 Å². The fraction of sp³-hybridized carbons (Fsp3) is 0.176. The van der Waals surface area contributed by atoms with E-state index < -0.39 is 11.0 Å². The van der Waals surface area contributed by atoms with Crippen LogP contribution in [0.25, 0.3) is 6.08 Å². The number of nitrogens with zero attached hydrogens (tertiary/aromatic N) is 2. The van der Waals surface area contributed by atoms with Crippen molar-refractivity contribution in [1.82, 2.24) is 10.3 Å². The van der Waals surface area contributed by atoms with Crippen LogP contribution in [0.5, 0.6) is 0 Å². The smallest absolute Gasteiger partial charge is 0.407 e. The van der Waals surface area contributed by atoms with Crippen LogP contribution in [0.15, 0.2) is 54.7 Å². The molecular weight excluding hydrogens is 310 g/mol. The summed E-state index contributed by atoms with van der Waals surface area (Å²) in [7, 11) is 0. The molecule has 1 N–H and O–H groups in total. The fourth-order valence-electron chi connectivity index (χ4n) is 1.92. The minimum absolute atomic E-state index is 0.0519. The molecule has 7 nitrogen and oxygen atoms in total. The van der Waals surface area contributed by atoms with Gasteiger partial charge in [-0.3, -0.25) is 10.1 Å². The van der Waals surface area contributed by atoms with E-state index in [9.17, 15) is 14.9 Å². The minimum Gasteiger partial charge on any atom is -0.445 e. The second-order valence-corrected chi connectivity index (χ2v) is 4.84. The highest BCUT2D eigenvalue weighted by Crippen LogP contribution is 2.16. The lowest BCUT2D eigenvalue weighted by Crippen LogP contribution is -2.24. The number of benzene rings is 1. The van der Waals surface area contributed by atoms with E-state index in [1.807, 2.05) is 30.3 Å². The zero-order chi connectivity index (χ0) is 17.2. The fourth-order valence-corrected chi connectivity index (χ4v) is 1.92. The Morgan fingerprint density at radius 1 is 1.25 bits per heavy atom. The van der Waals surface area contributed by atoms with Gasteiger partial charge in [0.15, 0.2) is 0 Å². The van der Waals surface area contributed by atoms with Crippen LogP contribution < -0.4 is 5.32 Å². The maximum atomic E-state index is 11.5. The zero-order valence-corrected chi connectivity index (χ0v) is 12.9. The van der Waals surface area contributed by atoms with Crippen molar-refractivity contribution >= 4 is 17.9 Å². The summed E-state index contributed by atoms with van der Waals surface area (Å²) in [5, 5.41) is 13.5. The first-order valence-electron chi connectivity index (χ1n) is 7.37. The molecule has 124 valence electrons. The molecule has 1 heterocycles. The second-order valence-electron chi connectivity index (χ2n) is 4.84. The van der Waals surface area contributed by atoms with Crippen LogP contribution in [0.3, 0.4) is 0 Å². The van der Waals surface area contributed by atoms with Gasteiger partial charge in [0.05, 0.1) is 4.92 Å². The summed E-state index contributed by atoms with van der Waals surface area (Å²) in [5.74, 6) is 0. The van der Waals surface area contributed by atoms with Gasteiger partial charge in [-0.25, -0.2) is 9.78 Å². The average molecular weight is 327 g/mol. The number of ether oxygens (including phenoxy) is 1. The number of carbonyl (C=O) groups is 1. The Hall–Kier alpha value is -3.22. The molecule has 0 saturated heterocycles. The number of nitrogens with one attached hydrogen (secondary N) is 1. The van der Waals surface area contributed by atoms with Crippen molar-refractivity contribution in [2.75, 3.05) is 6.54 Å². The van der Waals surface area contributed by atoms with Crippen LogP contribution >= 0.6 is 0 Å². The van der Waals surface area contributed by atoms with E-state index in [1.165, 1.54) is 18.3 Å². The van der Waals surface area contributed by atoms with Crippen molar-refractivity contribution < 1.29 is 14.5 Å². The molecule has 0 radical (unpaired) electrons.